The van der Waals surface area contributed by atoms with E-state index in [2.05, 4.69) is 46.6 Å². The van der Waals surface area contributed by atoms with Gasteiger partial charge in [-0.2, -0.15) is 0 Å². The van der Waals surface area contributed by atoms with Crippen LogP contribution in [0.4, 0.5) is 0 Å². The van der Waals surface area contributed by atoms with Crippen molar-refractivity contribution in [2.24, 2.45) is 4.99 Å². The summed E-state index contributed by atoms with van der Waals surface area (Å²) >= 11 is 0. The lowest BCUT2D eigenvalue weighted by molar-refractivity contribution is 0.162. The molecule has 0 aliphatic heterocycles. The highest BCUT2D eigenvalue weighted by Crippen LogP contribution is 2.19. The second-order valence-electron chi connectivity index (χ2n) is 5.46. The Morgan fingerprint density at radius 1 is 1.22 bits per heavy atom. The van der Waals surface area contributed by atoms with Crippen LogP contribution < -0.4 is 15.4 Å². The SMILES string of the molecule is CN=C(NCCN(C)CCOC)NCc1ccc(C)cc1OC. The van der Waals surface area contributed by atoms with Crippen molar-refractivity contribution >= 4 is 5.96 Å². The first-order valence-electron chi connectivity index (χ1n) is 7.86. The summed E-state index contributed by atoms with van der Waals surface area (Å²) in [6, 6.07) is 6.20. The second-order valence-corrected chi connectivity index (χ2v) is 5.46. The Balaban J connectivity index is 2.40. The summed E-state index contributed by atoms with van der Waals surface area (Å²) in [4.78, 5) is 6.46. The number of rotatable bonds is 9. The maximum atomic E-state index is 5.42. The molecule has 0 radical (unpaired) electrons. The van der Waals surface area contributed by atoms with Gasteiger partial charge in [0, 0.05) is 45.9 Å². The van der Waals surface area contributed by atoms with Gasteiger partial charge in [-0.05, 0) is 25.6 Å². The summed E-state index contributed by atoms with van der Waals surface area (Å²) in [5.74, 6) is 1.68. The quantitative estimate of drug-likeness (QED) is 0.529. The van der Waals surface area contributed by atoms with Crippen molar-refractivity contribution in [1.82, 2.24) is 15.5 Å². The van der Waals surface area contributed by atoms with Gasteiger partial charge >= 0.3 is 0 Å². The van der Waals surface area contributed by atoms with E-state index >= 15 is 0 Å². The predicted octanol–water partition coefficient (Wildman–Crippen LogP) is 1.25. The van der Waals surface area contributed by atoms with Crippen LogP contribution >= 0.6 is 0 Å². The molecule has 0 amide bonds. The van der Waals surface area contributed by atoms with E-state index < -0.39 is 0 Å². The molecule has 0 aliphatic rings. The first-order valence-corrected chi connectivity index (χ1v) is 7.86. The molecule has 0 aromatic heterocycles. The summed E-state index contributed by atoms with van der Waals surface area (Å²) in [6.07, 6.45) is 0. The first kappa shape index (κ1) is 19.3. The summed E-state index contributed by atoms with van der Waals surface area (Å²) in [5.41, 5.74) is 2.30. The van der Waals surface area contributed by atoms with Crippen molar-refractivity contribution in [3.8, 4) is 5.75 Å². The molecule has 0 atom stereocenters. The van der Waals surface area contributed by atoms with E-state index in [-0.39, 0.29) is 0 Å². The van der Waals surface area contributed by atoms with Gasteiger partial charge in [0.15, 0.2) is 5.96 Å². The van der Waals surface area contributed by atoms with Crippen molar-refractivity contribution in [3.63, 3.8) is 0 Å². The molecule has 0 heterocycles. The van der Waals surface area contributed by atoms with Crippen LogP contribution in [0.5, 0.6) is 5.75 Å². The van der Waals surface area contributed by atoms with Crippen LogP contribution in [0.25, 0.3) is 0 Å². The molecule has 0 saturated carbocycles. The summed E-state index contributed by atoms with van der Waals surface area (Å²) in [6.45, 7) is 6.15. The number of nitrogens with zero attached hydrogens (tertiary/aromatic N) is 2. The lowest BCUT2D eigenvalue weighted by Gasteiger charge is -2.18. The molecule has 2 N–H and O–H groups in total. The molecule has 1 rings (SSSR count). The second kappa shape index (κ2) is 10.9. The monoisotopic (exact) mass is 322 g/mol. The van der Waals surface area contributed by atoms with Crippen LogP contribution in [0.2, 0.25) is 0 Å². The van der Waals surface area contributed by atoms with Gasteiger partial charge in [0.2, 0.25) is 0 Å². The third kappa shape index (κ3) is 7.34. The van der Waals surface area contributed by atoms with Gasteiger partial charge in [0.25, 0.3) is 0 Å². The minimum Gasteiger partial charge on any atom is -0.496 e. The molecule has 1 aromatic carbocycles. The molecule has 0 saturated heterocycles. The molecule has 23 heavy (non-hydrogen) atoms. The number of benzene rings is 1. The number of nitrogens with one attached hydrogen (secondary N) is 2. The molecule has 1 aromatic rings. The third-order valence-corrected chi connectivity index (χ3v) is 3.58. The van der Waals surface area contributed by atoms with Crippen LogP contribution in [-0.2, 0) is 11.3 Å². The molecular weight excluding hydrogens is 292 g/mol. The van der Waals surface area contributed by atoms with Gasteiger partial charge in [-0.15, -0.1) is 0 Å². The zero-order valence-corrected chi connectivity index (χ0v) is 15.0. The smallest absolute Gasteiger partial charge is 0.191 e. The maximum Gasteiger partial charge on any atom is 0.191 e. The minimum absolute atomic E-state index is 0.669. The Hall–Kier alpha value is -1.79. The number of hydrogen-bond acceptors (Lipinski definition) is 4. The molecule has 6 heteroatoms. The van der Waals surface area contributed by atoms with E-state index in [1.54, 1.807) is 21.3 Å². The predicted molar refractivity (Wildman–Crippen MR) is 95.3 cm³/mol. The van der Waals surface area contributed by atoms with E-state index in [4.69, 9.17) is 9.47 Å². The molecule has 0 unspecified atom stereocenters. The van der Waals surface area contributed by atoms with E-state index in [0.717, 1.165) is 43.5 Å². The molecule has 130 valence electrons. The topological polar surface area (TPSA) is 58.1 Å². The van der Waals surface area contributed by atoms with Crippen LogP contribution in [0.15, 0.2) is 23.2 Å². The van der Waals surface area contributed by atoms with Crippen molar-refractivity contribution in [2.75, 3.05) is 54.6 Å². The number of aryl methyl sites for hydroxylation is 1. The summed E-state index contributed by atoms with van der Waals surface area (Å²) in [5, 5.41) is 6.62. The third-order valence-electron chi connectivity index (χ3n) is 3.58. The van der Waals surface area contributed by atoms with Gasteiger partial charge in [-0.3, -0.25) is 4.99 Å². The Labute approximate surface area is 139 Å². The molecule has 0 aliphatic carbocycles. The Kier molecular flexibility index (Phi) is 9.09. The fourth-order valence-corrected chi connectivity index (χ4v) is 2.12. The maximum absolute atomic E-state index is 5.42. The van der Waals surface area contributed by atoms with Crippen molar-refractivity contribution in [2.45, 2.75) is 13.5 Å². The number of aliphatic imine (C=N–C) groups is 1. The lowest BCUT2D eigenvalue weighted by Crippen LogP contribution is -2.41. The van der Waals surface area contributed by atoms with Crippen LogP contribution in [0, 0.1) is 6.92 Å². The highest BCUT2D eigenvalue weighted by Gasteiger charge is 2.05. The van der Waals surface area contributed by atoms with Crippen molar-refractivity contribution < 1.29 is 9.47 Å². The summed E-state index contributed by atoms with van der Waals surface area (Å²) in [7, 11) is 7.27. The van der Waals surface area contributed by atoms with E-state index in [0.29, 0.717) is 6.54 Å². The average Bonchev–Trinajstić information content (AvgIpc) is 2.56. The molecule has 0 spiro atoms. The van der Waals surface area contributed by atoms with Gasteiger partial charge in [-0.25, -0.2) is 0 Å². The summed E-state index contributed by atoms with van der Waals surface area (Å²) < 4.78 is 10.5. The molecule has 6 nitrogen and oxygen atoms in total. The fourth-order valence-electron chi connectivity index (χ4n) is 2.12. The average molecular weight is 322 g/mol. The zero-order valence-electron chi connectivity index (χ0n) is 15.0. The Bertz CT molecular complexity index is 491. The molecular formula is C17H30N4O2. The first-order chi connectivity index (χ1) is 11.1. The normalized spacial score (nSPS) is 11.7. The highest BCUT2D eigenvalue weighted by atomic mass is 16.5. The number of hydrogen-bond donors (Lipinski definition) is 2. The van der Waals surface area contributed by atoms with E-state index in [1.165, 1.54) is 5.56 Å². The zero-order chi connectivity index (χ0) is 17.1. The van der Waals surface area contributed by atoms with Crippen LogP contribution in [0.1, 0.15) is 11.1 Å². The van der Waals surface area contributed by atoms with Gasteiger partial charge in [0.05, 0.1) is 13.7 Å². The Morgan fingerprint density at radius 2 is 2.00 bits per heavy atom. The number of likely N-dealkylation sites (N-methyl/N-ethyl adjacent to an activating group) is 1. The lowest BCUT2D eigenvalue weighted by atomic mass is 10.1. The van der Waals surface area contributed by atoms with Gasteiger partial charge in [-0.1, -0.05) is 12.1 Å². The fraction of sp³-hybridized carbons (Fsp3) is 0.588. The van der Waals surface area contributed by atoms with Crippen LogP contribution in [0.3, 0.4) is 0 Å². The van der Waals surface area contributed by atoms with Gasteiger partial charge < -0.3 is 25.0 Å². The standard InChI is InChI=1S/C17H30N4O2/c1-14-6-7-15(16(12-14)23-5)13-20-17(18-2)19-8-9-21(3)10-11-22-4/h6-7,12H,8-11,13H2,1-5H3,(H2,18,19,20). The minimum atomic E-state index is 0.669. The van der Waals surface area contributed by atoms with Crippen molar-refractivity contribution in [1.29, 1.82) is 0 Å². The number of methoxy groups -OCH3 is 2. The van der Waals surface area contributed by atoms with E-state index in [9.17, 15) is 0 Å². The largest absolute Gasteiger partial charge is 0.496 e. The van der Waals surface area contributed by atoms with Crippen LogP contribution in [-0.4, -0.2) is 65.4 Å². The number of guanidine groups is 1. The van der Waals surface area contributed by atoms with E-state index in [1.807, 2.05) is 6.07 Å². The molecule has 0 fully saturated rings. The number of ether oxygens (including phenoxy) is 2. The van der Waals surface area contributed by atoms with Gasteiger partial charge in [0.1, 0.15) is 5.75 Å². The molecule has 0 bridgehead atoms. The van der Waals surface area contributed by atoms with Crippen molar-refractivity contribution in [3.05, 3.63) is 29.3 Å². The Morgan fingerprint density at radius 3 is 2.65 bits per heavy atom. The highest BCUT2D eigenvalue weighted by molar-refractivity contribution is 5.79.